The molecule has 0 aliphatic heterocycles. The Morgan fingerprint density at radius 1 is 1.00 bits per heavy atom. The molecule has 0 aliphatic rings. The fourth-order valence-corrected chi connectivity index (χ4v) is 2.20. The summed E-state index contributed by atoms with van der Waals surface area (Å²) in [7, 11) is 0. The first kappa shape index (κ1) is 11.3. The molecule has 0 spiro atoms. The van der Waals surface area contributed by atoms with E-state index in [1.807, 2.05) is 0 Å². The van der Waals surface area contributed by atoms with Crippen molar-refractivity contribution in [3.63, 3.8) is 0 Å². The van der Waals surface area contributed by atoms with E-state index >= 15 is 0 Å². The zero-order chi connectivity index (χ0) is 10.6. The average Bonchev–Trinajstić information content (AvgIpc) is 2.12. The third-order valence-corrected chi connectivity index (χ3v) is 2.85. The highest BCUT2D eigenvalue weighted by atomic mass is 14.1. The van der Waals surface area contributed by atoms with Gasteiger partial charge in [0.2, 0.25) is 0 Å². The standard InChI is InChI=1S/C14H22/c1-5-7-13(6-2)14-9-11(3)8-12(4)10-14/h8-10,13H,5-7H2,1-4H3. The van der Waals surface area contributed by atoms with Gasteiger partial charge in [-0.25, -0.2) is 0 Å². The monoisotopic (exact) mass is 190 g/mol. The maximum Gasteiger partial charge on any atom is -0.0164 e. The van der Waals surface area contributed by atoms with Crippen LogP contribution in [0.3, 0.4) is 0 Å². The summed E-state index contributed by atoms with van der Waals surface area (Å²) in [6.07, 6.45) is 3.86. The zero-order valence-corrected chi connectivity index (χ0v) is 9.93. The van der Waals surface area contributed by atoms with Gasteiger partial charge >= 0.3 is 0 Å². The smallest absolute Gasteiger partial charge is 0.0164 e. The molecule has 0 saturated heterocycles. The highest BCUT2D eigenvalue weighted by Gasteiger charge is 2.08. The Labute approximate surface area is 88.4 Å². The summed E-state index contributed by atoms with van der Waals surface area (Å²) in [5.74, 6) is 0.763. The molecular weight excluding hydrogens is 168 g/mol. The topological polar surface area (TPSA) is 0 Å². The number of hydrogen-bond donors (Lipinski definition) is 0. The van der Waals surface area contributed by atoms with Crippen LogP contribution in [0.5, 0.6) is 0 Å². The van der Waals surface area contributed by atoms with Gasteiger partial charge in [0.05, 0.1) is 0 Å². The molecule has 1 aromatic carbocycles. The lowest BCUT2D eigenvalue weighted by Crippen LogP contribution is -1.98. The molecule has 0 heterocycles. The SMILES string of the molecule is CCCC(CC)c1cc(C)cc(C)c1. The summed E-state index contributed by atoms with van der Waals surface area (Å²) in [5, 5.41) is 0. The van der Waals surface area contributed by atoms with Crippen LogP contribution < -0.4 is 0 Å². The number of benzene rings is 1. The van der Waals surface area contributed by atoms with Crippen molar-refractivity contribution < 1.29 is 0 Å². The first-order chi connectivity index (χ1) is 6.67. The van der Waals surface area contributed by atoms with Gasteiger partial charge in [0.25, 0.3) is 0 Å². The molecule has 0 aromatic heterocycles. The van der Waals surface area contributed by atoms with Gasteiger partial charge in [-0.05, 0) is 38.2 Å². The van der Waals surface area contributed by atoms with Crippen molar-refractivity contribution in [1.29, 1.82) is 0 Å². The molecule has 0 heteroatoms. The third-order valence-electron chi connectivity index (χ3n) is 2.85. The molecule has 0 amide bonds. The predicted molar refractivity (Wildman–Crippen MR) is 63.9 cm³/mol. The highest BCUT2D eigenvalue weighted by Crippen LogP contribution is 2.26. The van der Waals surface area contributed by atoms with Crippen molar-refractivity contribution in [2.75, 3.05) is 0 Å². The minimum Gasteiger partial charge on any atom is -0.0654 e. The van der Waals surface area contributed by atoms with Crippen LogP contribution in [0.25, 0.3) is 0 Å². The van der Waals surface area contributed by atoms with E-state index in [0.29, 0.717) is 0 Å². The fourth-order valence-electron chi connectivity index (χ4n) is 2.20. The van der Waals surface area contributed by atoms with E-state index in [1.165, 1.54) is 36.0 Å². The van der Waals surface area contributed by atoms with Crippen LogP contribution in [-0.2, 0) is 0 Å². The van der Waals surface area contributed by atoms with Gasteiger partial charge in [-0.3, -0.25) is 0 Å². The van der Waals surface area contributed by atoms with E-state index in [-0.39, 0.29) is 0 Å². The Hall–Kier alpha value is -0.780. The molecule has 1 unspecified atom stereocenters. The van der Waals surface area contributed by atoms with Gasteiger partial charge in [0, 0.05) is 0 Å². The molecule has 1 atom stereocenters. The minimum atomic E-state index is 0.763. The van der Waals surface area contributed by atoms with E-state index in [1.54, 1.807) is 0 Å². The van der Waals surface area contributed by atoms with Crippen LogP contribution in [0.4, 0.5) is 0 Å². The van der Waals surface area contributed by atoms with Crippen molar-refractivity contribution >= 4 is 0 Å². The molecule has 14 heavy (non-hydrogen) atoms. The number of rotatable bonds is 4. The van der Waals surface area contributed by atoms with E-state index in [2.05, 4.69) is 45.9 Å². The Balaban J connectivity index is 2.91. The first-order valence-electron chi connectivity index (χ1n) is 5.75. The molecule has 0 radical (unpaired) electrons. The highest BCUT2D eigenvalue weighted by molar-refractivity contribution is 5.30. The van der Waals surface area contributed by atoms with Crippen molar-refractivity contribution in [2.45, 2.75) is 52.9 Å². The van der Waals surface area contributed by atoms with Crippen molar-refractivity contribution in [1.82, 2.24) is 0 Å². The summed E-state index contributed by atoms with van der Waals surface area (Å²) in [4.78, 5) is 0. The molecule has 0 saturated carbocycles. The Kier molecular flexibility index (Phi) is 4.19. The summed E-state index contributed by atoms with van der Waals surface area (Å²) in [6.45, 7) is 8.94. The summed E-state index contributed by atoms with van der Waals surface area (Å²) in [5.41, 5.74) is 4.33. The lowest BCUT2D eigenvalue weighted by atomic mass is 9.90. The molecule has 1 rings (SSSR count). The quantitative estimate of drug-likeness (QED) is 0.651. The summed E-state index contributed by atoms with van der Waals surface area (Å²) < 4.78 is 0. The molecule has 0 nitrogen and oxygen atoms in total. The van der Waals surface area contributed by atoms with Gasteiger partial charge < -0.3 is 0 Å². The van der Waals surface area contributed by atoms with Crippen LogP contribution in [-0.4, -0.2) is 0 Å². The van der Waals surface area contributed by atoms with E-state index < -0.39 is 0 Å². The maximum absolute atomic E-state index is 2.34. The number of hydrogen-bond acceptors (Lipinski definition) is 0. The van der Waals surface area contributed by atoms with Gasteiger partial charge in [0.15, 0.2) is 0 Å². The Morgan fingerprint density at radius 3 is 2.00 bits per heavy atom. The molecule has 78 valence electrons. The second kappa shape index (κ2) is 5.19. The second-order valence-electron chi connectivity index (χ2n) is 4.31. The normalized spacial score (nSPS) is 12.9. The lowest BCUT2D eigenvalue weighted by Gasteiger charge is -2.15. The molecular formula is C14H22. The van der Waals surface area contributed by atoms with Crippen LogP contribution in [0.1, 0.15) is 55.7 Å². The zero-order valence-electron chi connectivity index (χ0n) is 9.93. The summed E-state index contributed by atoms with van der Waals surface area (Å²) >= 11 is 0. The molecule has 1 aromatic rings. The van der Waals surface area contributed by atoms with E-state index in [4.69, 9.17) is 0 Å². The predicted octanol–water partition coefficient (Wildman–Crippen LogP) is 4.60. The fraction of sp³-hybridized carbons (Fsp3) is 0.571. The van der Waals surface area contributed by atoms with Crippen LogP contribution in [0.15, 0.2) is 18.2 Å². The third kappa shape index (κ3) is 2.87. The Morgan fingerprint density at radius 2 is 1.57 bits per heavy atom. The van der Waals surface area contributed by atoms with Gasteiger partial charge in [0.1, 0.15) is 0 Å². The Bertz CT molecular complexity index is 266. The van der Waals surface area contributed by atoms with Crippen molar-refractivity contribution in [3.8, 4) is 0 Å². The molecule has 0 aliphatic carbocycles. The van der Waals surface area contributed by atoms with Gasteiger partial charge in [-0.2, -0.15) is 0 Å². The van der Waals surface area contributed by atoms with Gasteiger partial charge in [-0.1, -0.05) is 49.6 Å². The number of aryl methyl sites for hydroxylation is 2. The summed E-state index contributed by atoms with van der Waals surface area (Å²) in [6, 6.07) is 6.94. The minimum absolute atomic E-state index is 0.763. The largest absolute Gasteiger partial charge is 0.0654 e. The molecule has 0 N–H and O–H groups in total. The van der Waals surface area contributed by atoms with Crippen LogP contribution in [0.2, 0.25) is 0 Å². The lowest BCUT2D eigenvalue weighted by molar-refractivity contribution is 0.595. The maximum atomic E-state index is 2.34. The van der Waals surface area contributed by atoms with Crippen LogP contribution >= 0.6 is 0 Å². The van der Waals surface area contributed by atoms with Crippen LogP contribution in [0, 0.1) is 13.8 Å². The van der Waals surface area contributed by atoms with Crippen molar-refractivity contribution in [3.05, 3.63) is 34.9 Å². The van der Waals surface area contributed by atoms with E-state index in [9.17, 15) is 0 Å². The van der Waals surface area contributed by atoms with Gasteiger partial charge in [-0.15, -0.1) is 0 Å². The van der Waals surface area contributed by atoms with Crippen molar-refractivity contribution in [2.24, 2.45) is 0 Å². The molecule has 0 fully saturated rings. The second-order valence-corrected chi connectivity index (χ2v) is 4.31. The van der Waals surface area contributed by atoms with E-state index in [0.717, 1.165) is 5.92 Å². The molecule has 0 bridgehead atoms. The average molecular weight is 190 g/mol. The first-order valence-corrected chi connectivity index (χ1v) is 5.75.